The van der Waals surface area contributed by atoms with Gasteiger partial charge in [0.15, 0.2) is 10.9 Å². The predicted molar refractivity (Wildman–Crippen MR) is 134 cm³/mol. The number of nitrogens with one attached hydrogen (secondary N) is 1. The Balaban J connectivity index is 1.85. The molecule has 7 nitrogen and oxygen atoms in total. The van der Waals surface area contributed by atoms with E-state index in [4.69, 9.17) is 27.9 Å². The van der Waals surface area contributed by atoms with Crippen LogP contribution in [0.4, 0.5) is 11.4 Å². The SMILES string of the molecule is CCCCN1C(=O)C[C@H](C(=O)Nc2cccc(OCC)c2)SC1=Nc1cc(Cl)c(O)c(Cl)c1. The molecule has 1 saturated heterocycles. The summed E-state index contributed by atoms with van der Waals surface area (Å²) in [7, 11) is 0. The summed E-state index contributed by atoms with van der Waals surface area (Å²) in [5, 5.41) is 12.5. The highest BCUT2D eigenvalue weighted by molar-refractivity contribution is 8.15. The lowest BCUT2D eigenvalue weighted by molar-refractivity contribution is -0.129. The van der Waals surface area contributed by atoms with E-state index in [1.165, 1.54) is 23.9 Å². The summed E-state index contributed by atoms with van der Waals surface area (Å²) < 4.78 is 5.48. The molecule has 0 saturated carbocycles. The third-order valence-corrected chi connectivity index (χ3v) is 6.57. The summed E-state index contributed by atoms with van der Waals surface area (Å²) in [4.78, 5) is 32.0. The van der Waals surface area contributed by atoms with Crippen molar-refractivity contribution in [3.05, 3.63) is 46.4 Å². The number of nitrogens with zero attached hydrogens (tertiary/aromatic N) is 2. The van der Waals surface area contributed by atoms with Gasteiger partial charge < -0.3 is 15.2 Å². The summed E-state index contributed by atoms with van der Waals surface area (Å²) in [5.41, 5.74) is 0.966. The third-order valence-electron chi connectivity index (χ3n) is 4.81. The summed E-state index contributed by atoms with van der Waals surface area (Å²) >= 11 is 13.3. The van der Waals surface area contributed by atoms with E-state index in [-0.39, 0.29) is 34.0 Å². The first kappa shape index (κ1) is 25.2. The van der Waals surface area contributed by atoms with Gasteiger partial charge in [-0.15, -0.1) is 0 Å². The lowest BCUT2D eigenvalue weighted by atomic mass is 10.2. The van der Waals surface area contributed by atoms with E-state index >= 15 is 0 Å². The predicted octanol–water partition coefficient (Wildman–Crippen LogP) is 5.86. The molecule has 2 amide bonds. The molecule has 0 radical (unpaired) electrons. The third kappa shape index (κ3) is 6.56. The van der Waals surface area contributed by atoms with Gasteiger partial charge in [0.1, 0.15) is 11.0 Å². The van der Waals surface area contributed by atoms with Gasteiger partial charge in [0.25, 0.3) is 0 Å². The minimum atomic E-state index is -0.659. The number of halogens is 2. The molecule has 1 aliphatic heterocycles. The number of hydrogen-bond donors (Lipinski definition) is 2. The first-order valence-electron chi connectivity index (χ1n) is 10.6. The van der Waals surface area contributed by atoms with Crippen LogP contribution in [0.5, 0.6) is 11.5 Å². The Kier molecular flexibility index (Phi) is 8.88. The highest BCUT2D eigenvalue weighted by atomic mass is 35.5. The number of phenols is 1. The van der Waals surface area contributed by atoms with Gasteiger partial charge >= 0.3 is 0 Å². The van der Waals surface area contributed by atoms with Crippen LogP contribution in [-0.4, -0.2) is 45.4 Å². The summed E-state index contributed by atoms with van der Waals surface area (Å²) in [6, 6.07) is 10.0. The van der Waals surface area contributed by atoms with E-state index in [2.05, 4.69) is 10.3 Å². The molecule has 2 N–H and O–H groups in total. The van der Waals surface area contributed by atoms with Crippen molar-refractivity contribution in [2.45, 2.75) is 38.4 Å². The van der Waals surface area contributed by atoms with Gasteiger partial charge in [0.05, 0.1) is 22.3 Å². The van der Waals surface area contributed by atoms with Crippen LogP contribution in [0.1, 0.15) is 33.1 Å². The number of carbonyl (C=O) groups is 2. The molecule has 2 aromatic carbocycles. The second kappa shape index (κ2) is 11.6. The van der Waals surface area contributed by atoms with Crippen molar-refractivity contribution in [3.8, 4) is 11.5 Å². The van der Waals surface area contributed by atoms with Crippen LogP contribution < -0.4 is 10.1 Å². The standard InChI is InChI=1S/C23H25Cl2N3O4S/c1-3-5-9-28-20(29)13-19(22(31)26-14-7-6-8-16(10-14)32-4-2)33-23(28)27-15-11-17(24)21(30)18(25)12-15/h6-8,10-12,19,30H,3-5,9,13H2,1-2H3,(H,26,31)/t19-/m1/s1. The molecule has 3 rings (SSSR count). The van der Waals surface area contributed by atoms with Crippen molar-refractivity contribution in [1.82, 2.24) is 4.90 Å². The summed E-state index contributed by atoms with van der Waals surface area (Å²) in [5.74, 6) is -0.0625. The molecule has 1 fully saturated rings. The fourth-order valence-electron chi connectivity index (χ4n) is 3.16. The molecule has 33 heavy (non-hydrogen) atoms. The molecule has 1 aliphatic rings. The number of anilines is 1. The van der Waals surface area contributed by atoms with Crippen LogP contribution in [0, 0.1) is 0 Å². The number of amidine groups is 1. The van der Waals surface area contributed by atoms with Crippen LogP contribution >= 0.6 is 35.0 Å². The first-order chi connectivity index (χ1) is 15.8. The fraction of sp³-hybridized carbons (Fsp3) is 0.348. The van der Waals surface area contributed by atoms with Gasteiger partial charge in [-0.2, -0.15) is 0 Å². The number of aliphatic imine (C=N–C) groups is 1. The number of aromatic hydroxyl groups is 1. The number of hydrogen-bond acceptors (Lipinski definition) is 6. The first-order valence-corrected chi connectivity index (χ1v) is 12.2. The van der Waals surface area contributed by atoms with E-state index in [1.807, 2.05) is 19.9 Å². The summed E-state index contributed by atoms with van der Waals surface area (Å²) in [6.07, 6.45) is 1.75. The van der Waals surface area contributed by atoms with Crippen molar-refractivity contribution in [3.63, 3.8) is 0 Å². The number of unbranched alkanes of at least 4 members (excludes halogenated alkanes) is 1. The molecule has 2 aromatic rings. The van der Waals surface area contributed by atoms with Gasteiger partial charge in [-0.3, -0.25) is 14.5 Å². The zero-order chi connectivity index (χ0) is 24.0. The number of benzene rings is 2. The lowest BCUT2D eigenvalue weighted by Gasteiger charge is -2.31. The van der Waals surface area contributed by atoms with E-state index in [9.17, 15) is 14.7 Å². The molecule has 0 bridgehead atoms. The molecular formula is C23H25Cl2N3O4S. The van der Waals surface area contributed by atoms with Crippen LogP contribution in [0.15, 0.2) is 41.4 Å². The molecule has 10 heteroatoms. The van der Waals surface area contributed by atoms with Gasteiger partial charge in [-0.05, 0) is 37.6 Å². The maximum absolute atomic E-state index is 13.0. The summed E-state index contributed by atoms with van der Waals surface area (Å²) in [6.45, 7) is 4.92. The maximum atomic E-state index is 13.0. The van der Waals surface area contributed by atoms with Crippen LogP contribution in [0.25, 0.3) is 0 Å². The number of phenolic OH excluding ortho intramolecular Hbond substituents is 1. The highest BCUT2D eigenvalue weighted by Crippen LogP contribution is 2.37. The van der Waals surface area contributed by atoms with Crippen molar-refractivity contribution in [1.29, 1.82) is 0 Å². The van der Waals surface area contributed by atoms with Crippen molar-refractivity contribution < 1.29 is 19.4 Å². The molecule has 0 aliphatic carbocycles. The Hall–Kier alpha value is -2.42. The second-order valence-electron chi connectivity index (χ2n) is 7.31. The fourth-order valence-corrected chi connectivity index (χ4v) is 4.76. The molecule has 1 atom stereocenters. The zero-order valence-electron chi connectivity index (χ0n) is 18.3. The Morgan fingerprint density at radius 2 is 2.00 bits per heavy atom. The Bertz CT molecular complexity index is 1040. The van der Waals surface area contributed by atoms with Crippen molar-refractivity contribution in [2.75, 3.05) is 18.5 Å². The quantitative estimate of drug-likeness (QED) is 0.464. The number of thioether (sulfide) groups is 1. The monoisotopic (exact) mass is 509 g/mol. The van der Waals surface area contributed by atoms with Crippen LogP contribution in [0.2, 0.25) is 10.0 Å². The Labute approximate surface area is 207 Å². The Morgan fingerprint density at radius 3 is 2.67 bits per heavy atom. The van der Waals surface area contributed by atoms with E-state index in [0.717, 1.165) is 12.8 Å². The van der Waals surface area contributed by atoms with Gasteiger partial charge in [-0.25, -0.2) is 4.99 Å². The number of rotatable bonds is 8. The highest BCUT2D eigenvalue weighted by Gasteiger charge is 2.35. The Morgan fingerprint density at radius 1 is 1.27 bits per heavy atom. The van der Waals surface area contributed by atoms with E-state index in [1.54, 1.807) is 23.1 Å². The average molecular weight is 510 g/mol. The number of amides is 2. The molecule has 0 unspecified atom stereocenters. The van der Waals surface area contributed by atoms with E-state index in [0.29, 0.717) is 35.4 Å². The van der Waals surface area contributed by atoms with Crippen molar-refractivity contribution in [2.24, 2.45) is 4.99 Å². The number of carbonyl (C=O) groups excluding carboxylic acids is 2. The van der Waals surface area contributed by atoms with E-state index < -0.39 is 5.25 Å². The normalized spacial score (nSPS) is 17.3. The largest absolute Gasteiger partial charge is 0.505 e. The zero-order valence-corrected chi connectivity index (χ0v) is 20.6. The van der Waals surface area contributed by atoms with Crippen molar-refractivity contribution >= 4 is 63.3 Å². The molecule has 0 aromatic heterocycles. The van der Waals surface area contributed by atoms with Gasteiger partial charge in [-0.1, -0.05) is 54.4 Å². The molecule has 176 valence electrons. The average Bonchev–Trinajstić information content (AvgIpc) is 2.77. The molecule has 0 spiro atoms. The number of ether oxygens (including phenoxy) is 1. The van der Waals surface area contributed by atoms with Gasteiger partial charge in [0, 0.05) is 24.7 Å². The molecule has 1 heterocycles. The smallest absolute Gasteiger partial charge is 0.238 e. The maximum Gasteiger partial charge on any atom is 0.238 e. The van der Waals surface area contributed by atoms with Crippen LogP contribution in [-0.2, 0) is 9.59 Å². The minimum absolute atomic E-state index is 0.0533. The lowest BCUT2D eigenvalue weighted by Crippen LogP contribution is -2.45. The van der Waals surface area contributed by atoms with Gasteiger partial charge in [0.2, 0.25) is 11.8 Å². The second-order valence-corrected chi connectivity index (χ2v) is 9.30. The topological polar surface area (TPSA) is 91.2 Å². The molecular weight excluding hydrogens is 485 g/mol. The minimum Gasteiger partial charge on any atom is -0.505 e. The van der Waals surface area contributed by atoms with Crippen LogP contribution in [0.3, 0.4) is 0 Å².